The normalized spacial score (nSPS) is 10.9. The van der Waals surface area contributed by atoms with Gasteiger partial charge in [0.2, 0.25) is 23.6 Å². The molecule has 0 radical (unpaired) electrons. The summed E-state index contributed by atoms with van der Waals surface area (Å²) in [5.41, 5.74) is 1.65. The molecule has 0 saturated heterocycles. The van der Waals surface area contributed by atoms with Gasteiger partial charge in [0.25, 0.3) is 0 Å². The second-order valence-corrected chi connectivity index (χ2v) is 8.02. The van der Waals surface area contributed by atoms with Crippen LogP contribution in [0, 0.1) is 0 Å². The van der Waals surface area contributed by atoms with Gasteiger partial charge >= 0.3 is 11.3 Å². The van der Waals surface area contributed by atoms with Gasteiger partial charge in [-0.1, -0.05) is 0 Å². The first-order valence-electron chi connectivity index (χ1n) is 10.8. The van der Waals surface area contributed by atoms with Crippen LogP contribution in [0.3, 0.4) is 0 Å². The van der Waals surface area contributed by atoms with Crippen molar-refractivity contribution < 1.29 is 18.4 Å². The summed E-state index contributed by atoms with van der Waals surface area (Å²) in [6, 6.07) is 16.1. The average molecular weight is 482 g/mol. The first-order chi connectivity index (χ1) is 17.3. The van der Waals surface area contributed by atoms with E-state index in [9.17, 15) is 19.2 Å². The third-order valence-electron chi connectivity index (χ3n) is 5.28. The first kappa shape index (κ1) is 22.7. The van der Waals surface area contributed by atoms with Crippen molar-refractivity contribution >= 4 is 45.0 Å². The van der Waals surface area contributed by atoms with E-state index >= 15 is 0 Å². The van der Waals surface area contributed by atoms with E-state index in [0.717, 1.165) is 0 Å². The number of fused-ring (bicyclic) bond motifs is 2. The van der Waals surface area contributed by atoms with Crippen molar-refractivity contribution in [1.82, 2.24) is 9.97 Å². The molecule has 2 amide bonds. The lowest BCUT2D eigenvalue weighted by atomic mass is 10.1. The summed E-state index contributed by atoms with van der Waals surface area (Å²) in [7, 11) is 0. The van der Waals surface area contributed by atoms with Gasteiger partial charge in [-0.15, -0.1) is 0 Å². The van der Waals surface area contributed by atoms with Crippen LogP contribution < -0.4 is 21.9 Å². The summed E-state index contributed by atoms with van der Waals surface area (Å²) in [6.45, 7) is 2.77. The molecule has 0 saturated carbocycles. The third kappa shape index (κ3) is 4.47. The zero-order chi connectivity index (χ0) is 25.4. The number of carbonyl (C=O) groups is 2. The molecule has 10 nitrogen and oxygen atoms in total. The maximum absolute atomic E-state index is 12.5. The fourth-order valence-electron chi connectivity index (χ4n) is 3.71. The smallest absolute Gasteiger partial charge is 0.347 e. The van der Waals surface area contributed by atoms with Gasteiger partial charge in [0.05, 0.1) is 21.8 Å². The summed E-state index contributed by atoms with van der Waals surface area (Å²) in [5.74, 6) is -0.305. The molecule has 2 heterocycles. The number of carbonyl (C=O) groups excluding carboxylic acids is 2. The number of nitrogens with one attached hydrogen (secondary N) is 2. The molecule has 178 valence electrons. The number of rotatable bonds is 4. The zero-order valence-corrected chi connectivity index (χ0v) is 19.1. The Morgan fingerprint density at radius 2 is 1.03 bits per heavy atom. The van der Waals surface area contributed by atoms with Crippen molar-refractivity contribution in [2.75, 3.05) is 10.6 Å². The van der Waals surface area contributed by atoms with E-state index in [4.69, 9.17) is 8.83 Å². The lowest BCUT2D eigenvalue weighted by Crippen LogP contribution is -2.07. The Labute approximate surface area is 202 Å². The standard InChI is InChI=1S/C26H18N4O6/c1-13(31)27-17-7-9-19-21(11-17)29-23(35-25(19)33)15-3-5-16(6-4-15)24-30-22-12-18(28-14(2)32)8-10-20(22)26(34)36-24/h3-12H,1-2H3,(H,27,31)(H,28,32). The minimum atomic E-state index is -0.564. The Morgan fingerprint density at radius 1 is 0.639 bits per heavy atom. The van der Waals surface area contributed by atoms with Gasteiger partial charge in [-0.05, 0) is 60.7 Å². The SMILES string of the molecule is CC(=O)Nc1ccc2c(=O)oc(-c3ccc(-c4nc5cc(NC(C)=O)ccc5c(=O)o4)cc3)nc2c1. The fraction of sp³-hybridized carbons (Fsp3) is 0.0769. The van der Waals surface area contributed by atoms with Gasteiger partial charge in [0.15, 0.2) is 0 Å². The summed E-state index contributed by atoms with van der Waals surface area (Å²) in [4.78, 5) is 56.5. The maximum Gasteiger partial charge on any atom is 0.347 e. The van der Waals surface area contributed by atoms with E-state index in [1.165, 1.54) is 26.0 Å². The van der Waals surface area contributed by atoms with Crippen LogP contribution in [0.5, 0.6) is 0 Å². The van der Waals surface area contributed by atoms with Gasteiger partial charge in [-0.2, -0.15) is 0 Å². The van der Waals surface area contributed by atoms with Crippen LogP contribution in [0.1, 0.15) is 13.8 Å². The van der Waals surface area contributed by atoms with Crippen LogP contribution >= 0.6 is 0 Å². The van der Waals surface area contributed by atoms with Crippen molar-refractivity contribution in [3.05, 3.63) is 81.5 Å². The van der Waals surface area contributed by atoms with Crippen LogP contribution in [0.4, 0.5) is 11.4 Å². The predicted octanol–water partition coefficient (Wildman–Crippen LogP) is 3.94. The van der Waals surface area contributed by atoms with Crippen molar-refractivity contribution in [2.45, 2.75) is 13.8 Å². The van der Waals surface area contributed by atoms with E-state index in [1.807, 2.05) is 0 Å². The third-order valence-corrected chi connectivity index (χ3v) is 5.28. The number of anilines is 2. The first-order valence-corrected chi connectivity index (χ1v) is 10.8. The van der Waals surface area contributed by atoms with Crippen LogP contribution in [0.15, 0.2) is 79.1 Å². The summed E-state index contributed by atoms with van der Waals surface area (Å²) in [5, 5.41) is 5.88. The number of aromatic nitrogens is 2. The Hall–Kier alpha value is -5.12. The molecule has 2 N–H and O–H groups in total. The molecule has 0 aliphatic heterocycles. The highest BCUT2D eigenvalue weighted by Gasteiger charge is 2.13. The van der Waals surface area contributed by atoms with Crippen molar-refractivity contribution in [3.8, 4) is 22.9 Å². The van der Waals surface area contributed by atoms with E-state index in [2.05, 4.69) is 20.6 Å². The van der Waals surface area contributed by atoms with Gasteiger partial charge in [-0.3, -0.25) is 9.59 Å². The zero-order valence-electron chi connectivity index (χ0n) is 19.1. The van der Waals surface area contributed by atoms with Gasteiger partial charge < -0.3 is 19.5 Å². The molecule has 0 aliphatic carbocycles. The van der Waals surface area contributed by atoms with Gasteiger partial charge in [-0.25, -0.2) is 19.6 Å². The number of hydrogen-bond donors (Lipinski definition) is 2. The molecule has 0 bridgehead atoms. The Kier molecular flexibility index (Phi) is 5.61. The number of nitrogens with zero attached hydrogens (tertiary/aromatic N) is 2. The molecule has 0 spiro atoms. The van der Waals surface area contributed by atoms with E-state index in [-0.39, 0.29) is 34.4 Å². The molecule has 0 aliphatic rings. The fourth-order valence-corrected chi connectivity index (χ4v) is 3.71. The highest BCUT2D eigenvalue weighted by molar-refractivity contribution is 5.93. The predicted molar refractivity (Wildman–Crippen MR) is 134 cm³/mol. The highest BCUT2D eigenvalue weighted by atomic mass is 16.4. The van der Waals surface area contributed by atoms with Crippen molar-refractivity contribution in [1.29, 1.82) is 0 Å². The molecule has 0 unspecified atom stereocenters. The molecular formula is C26H18N4O6. The topological polar surface area (TPSA) is 144 Å². The maximum atomic E-state index is 12.5. The Morgan fingerprint density at radius 3 is 1.39 bits per heavy atom. The minimum absolute atomic E-state index is 0.0897. The number of amides is 2. The van der Waals surface area contributed by atoms with Crippen LogP contribution in [0.25, 0.3) is 44.7 Å². The van der Waals surface area contributed by atoms with Gasteiger partial charge in [0.1, 0.15) is 0 Å². The quantitative estimate of drug-likeness (QED) is 0.392. The van der Waals surface area contributed by atoms with Gasteiger partial charge in [0, 0.05) is 36.3 Å². The van der Waals surface area contributed by atoms with E-state index in [0.29, 0.717) is 33.5 Å². The molecule has 5 rings (SSSR count). The number of benzene rings is 3. The molecule has 5 aromatic rings. The summed E-state index contributed by atoms with van der Waals surface area (Å²) >= 11 is 0. The molecule has 0 atom stereocenters. The monoisotopic (exact) mass is 482 g/mol. The summed E-state index contributed by atoms with van der Waals surface area (Å²) < 4.78 is 10.8. The molecule has 36 heavy (non-hydrogen) atoms. The van der Waals surface area contributed by atoms with Crippen molar-refractivity contribution in [2.24, 2.45) is 0 Å². The number of hydrogen-bond acceptors (Lipinski definition) is 8. The van der Waals surface area contributed by atoms with Crippen LogP contribution in [-0.4, -0.2) is 21.8 Å². The molecule has 10 heteroatoms. The second kappa shape index (κ2) is 8.91. The van der Waals surface area contributed by atoms with E-state index in [1.54, 1.807) is 48.5 Å². The average Bonchev–Trinajstić information content (AvgIpc) is 2.83. The van der Waals surface area contributed by atoms with Crippen molar-refractivity contribution in [3.63, 3.8) is 0 Å². The summed E-state index contributed by atoms with van der Waals surface area (Å²) in [6.07, 6.45) is 0. The molecule has 3 aromatic carbocycles. The molecule has 2 aromatic heterocycles. The molecular weight excluding hydrogens is 464 g/mol. The van der Waals surface area contributed by atoms with Crippen LogP contribution in [-0.2, 0) is 9.59 Å². The lowest BCUT2D eigenvalue weighted by molar-refractivity contribution is -0.115. The van der Waals surface area contributed by atoms with Crippen LogP contribution in [0.2, 0.25) is 0 Å². The second-order valence-electron chi connectivity index (χ2n) is 8.02. The Balaban J connectivity index is 1.51. The molecule has 0 fully saturated rings. The largest absolute Gasteiger partial charge is 0.403 e. The Bertz CT molecular complexity index is 1660. The highest BCUT2D eigenvalue weighted by Crippen LogP contribution is 2.25. The van der Waals surface area contributed by atoms with E-state index < -0.39 is 11.3 Å². The lowest BCUT2D eigenvalue weighted by Gasteiger charge is -2.06. The minimum Gasteiger partial charge on any atom is -0.403 e.